The monoisotopic (exact) mass is 371 g/mol. The minimum absolute atomic E-state index is 0.129. The molecule has 0 rings (SSSR count). The number of carbonyl (C=O) groups excluding carboxylic acids is 3. The fourth-order valence-electron chi connectivity index (χ4n) is 2.07. The molecular formula is C18H29NO7. The summed E-state index contributed by atoms with van der Waals surface area (Å²) >= 11 is 0. The number of hydrogen-bond acceptors (Lipinski definition) is 6. The minimum Gasteiger partial charge on any atom is -0.480 e. The van der Waals surface area contributed by atoms with Crippen molar-refractivity contribution in [2.24, 2.45) is 0 Å². The molecule has 8 nitrogen and oxygen atoms in total. The number of hydrogen-bond donors (Lipinski definition) is 2. The van der Waals surface area contributed by atoms with E-state index in [9.17, 15) is 19.2 Å². The van der Waals surface area contributed by atoms with Crippen molar-refractivity contribution in [1.82, 2.24) is 5.32 Å². The van der Waals surface area contributed by atoms with Gasteiger partial charge in [0.15, 0.2) is 6.61 Å². The average Bonchev–Trinajstić information content (AvgIpc) is 2.57. The summed E-state index contributed by atoms with van der Waals surface area (Å²) in [6.45, 7) is 6.18. The van der Waals surface area contributed by atoms with Gasteiger partial charge >= 0.3 is 17.9 Å². The second-order valence-corrected chi connectivity index (χ2v) is 6.03. The number of rotatable bonds is 14. The van der Waals surface area contributed by atoms with Gasteiger partial charge in [-0.05, 0) is 19.8 Å². The maximum absolute atomic E-state index is 11.8. The van der Waals surface area contributed by atoms with Gasteiger partial charge < -0.3 is 19.9 Å². The topological polar surface area (TPSA) is 119 Å². The largest absolute Gasteiger partial charge is 0.480 e. The lowest BCUT2D eigenvalue weighted by atomic mass is 10.1. The number of nitrogens with one attached hydrogen (secondary N) is 1. The first-order chi connectivity index (χ1) is 12.3. The van der Waals surface area contributed by atoms with Crippen LogP contribution >= 0.6 is 0 Å². The highest BCUT2D eigenvalue weighted by molar-refractivity contribution is 5.94. The standard InChI is InChI=1S/C18H29NO7/c1-4-5-6-7-8-9-14(3)26-17(23)10-13(2)18(24)25-12-15(20)19-11-16(21)22/h14H,2,4-12H2,1,3H3,(H,19,20)(H,21,22). The zero-order chi connectivity index (χ0) is 19.9. The maximum atomic E-state index is 11.8. The Morgan fingerprint density at radius 2 is 1.77 bits per heavy atom. The van der Waals surface area contributed by atoms with Crippen molar-refractivity contribution in [1.29, 1.82) is 0 Å². The van der Waals surface area contributed by atoms with E-state index in [1.54, 1.807) is 6.92 Å². The molecule has 0 saturated carbocycles. The number of ether oxygens (including phenoxy) is 2. The fraction of sp³-hybridized carbons (Fsp3) is 0.667. The van der Waals surface area contributed by atoms with Crippen LogP contribution in [-0.2, 0) is 28.7 Å². The zero-order valence-electron chi connectivity index (χ0n) is 15.5. The number of carbonyl (C=O) groups is 4. The molecule has 0 aliphatic rings. The highest BCUT2D eigenvalue weighted by Crippen LogP contribution is 2.11. The number of carboxylic acid groups (broad SMARTS) is 1. The predicted molar refractivity (Wildman–Crippen MR) is 94.3 cm³/mol. The Morgan fingerprint density at radius 1 is 1.12 bits per heavy atom. The normalized spacial score (nSPS) is 11.3. The first-order valence-electron chi connectivity index (χ1n) is 8.79. The molecule has 1 amide bonds. The van der Waals surface area contributed by atoms with Crippen LogP contribution in [0.1, 0.15) is 58.8 Å². The second-order valence-electron chi connectivity index (χ2n) is 6.03. The Hall–Kier alpha value is -2.38. The molecule has 0 aromatic carbocycles. The van der Waals surface area contributed by atoms with E-state index in [4.69, 9.17) is 9.84 Å². The van der Waals surface area contributed by atoms with Crippen LogP contribution in [0.2, 0.25) is 0 Å². The zero-order valence-corrected chi connectivity index (χ0v) is 15.5. The van der Waals surface area contributed by atoms with Crippen molar-refractivity contribution in [3.8, 4) is 0 Å². The van der Waals surface area contributed by atoms with Crippen LogP contribution in [0.5, 0.6) is 0 Å². The summed E-state index contributed by atoms with van der Waals surface area (Å²) in [4.78, 5) is 45.0. The molecule has 1 unspecified atom stereocenters. The highest BCUT2D eigenvalue weighted by atomic mass is 16.5. The van der Waals surface area contributed by atoms with Crippen LogP contribution in [0.25, 0.3) is 0 Å². The SMILES string of the molecule is C=C(CC(=O)OC(C)CCCCCCC)C(=O)OCC(=O)NCC(=O)O. The summed E-state index contributed by atoms with van der Waals surface area (Å²) in [5, 5.41) is 10.4. The summed E-state index contributed by atoms with van der Waals surface area (Å²) in [5.41, 5.74) is -0.129. The molecule has 0 aliphatic heterocycles. The molecule has 0 bridgehead atoms. The van der Waals surface area contributed by atoms with Crippen LogP contribution in [0.4, 0.5) is 0 Å². The lowest BCUT2D eigenvalue weighted by molar-refractivity contribution is -0.151. The highest BCUT2D eigenvalue weighted by Gasteiger charge is 2.17. The van der Waals surface area contributed by atoms with Gasteiger partial charge in [0.05, 0.1) is 12.5 Å². The van der Waals surface area contributed by atoms with E-state index in [1.165, 1.54) is 19.3 Å². The van der Waals surface area contributed by atoms with Gasteiger partial charge in [0.1, 0.15) is 6.54 Å². The second kappa shape index (κ2) is 13.9. The van der Waals surface area contributed by atoms with E-state index < -0.39 is 37.0 Å². The number of carboxylic acids is 1. The molecule has 148 valence electrons. The van der Waals surface area contributed by atoms with Gasteiger partial charge in [0.2, 0.25) is 0 Å². The summed E-state index contributed by atoms with van der Waals surface area (Å²) in [6, 6.07) is 0. The first kappa shape index (κ1) is 23.6. The van der Waals surface area contributed by atoms with E-state index >= 15 is 0 Å². The number of unbranched alkanes of at least 4 members (excludes halogenated alkanes) is 4. The van der Waals surface area contributed by atoms with Crippen molar-refractivity contribution in [2.45, 2.75) is 64.9 Å². The van der Waals surface area contributed by atoms with E-state index in [-0.39, 0.29) is 18.1 Å². The Morgan fingerprint density at radius 3 is 2.38 bits per heavy atom. The molecule has 0 fully saturated rings. The quantitative estimate of drug-likeness (QED) is 0.272. The minimum atomic E-state index is -1.21. The number of esters is 2. The number of amides is 1. The lowest BCUT2D eigenvalue weighted by Crippen LogP contribution is -2.33. The van der Waals surface area contributed by atoms with Gasteiger partial charge in [0, 0.05) is 5.57 Å². The summed E-state index contributed by atoms with van der Waals surface area (Å²) in [6.07, 6.45) is 5.80. The van der Waals surface area contributed by atoms with Gasteiger partial charge in [-0.15, -0.1) is 0 Å². The van der Waals surface area contributed by atoms with E-state index in [0.717, 1.165) is 19.3 Å². The lowest BCUT2D eigenvalue weighted by Gasteiger charge is -2.13. The summed E-state index contributed by atoms with van der Waals surface area (Å²) in [7, 11) is 0. The van der Waals surface area contributed by atoms with Crippen molar-refractivity contribution in [3.63, 3.8) is 0 Å². The molecule has 1 atom stereocenters. The third-order valence-corrected chi connectivity index (χ3v) is 3.46. The van der Waals surface area contributed by atoms with E-state index in [2.05, 4.69) is 18.2 Å². The summed E-state index contributed by atoms with van der Waals surface area (Å²) < 4.78 is 9.87. The molecule has 2 N–H and O–H groups in total. The Balaban J connectivity index is 3.98. The maximum Gasteiger partial charge on any atom is 0.334 e. The number of aliphatic carboxylic acids is 1. The van der Waals surface area contributed by atoms with Crippen molar-refractivity contribution < 1.29 is 33.8 Å². The third-order valence-electron chi connectivity index (χ3n) is 3.46. The third kappa shape index (κ3) is 13.0. The van der Waals surface area contributed by atoms with Crippen LogP contribution in [0, 0.1) is 0 Å². The van der Waals surface area contributed by atoms with Crippen LogP contribution in [-0.4, -0.2) is 48.2 Å². The smallest absolute Gasteiger partial charge is 0.334 e. The van der Waals surface area contributed by atoms with Gasteiger partial charge in [-0.2, -0.15) is 0 Å². The van der Waals surface area contributed by atoms with Crippen LogP contribution in [0.3, 0.4) is 0 Å². The van der Waals surface area contributed by atoms with Gasteiger partial charge in [-0.25, -0.2) is 4.79 Å². The molecule has 0 heterocycles. The molecule has 0 radical (unpaired) electrons. The molecule has 0 aromatic rings. The molecule has 0 aromatic heterocycles. The van der Waals surface area contributed by atoms with Crippen LogP contribution in [0.15, 0.2) is 12.2 Å². The first-order valence-corrected chi connectivity index (χ1v) is 8.79. The molecular weight excluding hydrogens is 342 g/mol. The van der Waals surface area contributed by atoms with Crippen molar-refractivity contribution in [2.75, 3.05) is 13.2 Å². The molecule has 0 aliphatic carbocycles. The molecule has 26 heavy (non-hydrogen) atoms. The molecule has 0 saturated heterocycles. The van der Waals surface area contributed by atoms with Gasteiger partial charge in [-0.1, -0.05) is 39.2 Å². The van der Waals surface area contributed by atoms with Crippen molar-refractivity contribution in [3.05, 3.63) is 12.2 Å². The predicted octanol–water partition coefficient (Wildman–Crippen LogP) is 1.97. The Bertz CT molecular complexity index is 502. The summed E-state index contributed by atoms with van der Waals surface area (Å²) in [5.74, 6) is -3.45. The molecule has 0 spiro atoms. The van der Waals surface area contributed by atoms with E-state index in [1.807, 2.05) is 5.32 Å². The van der Waals surface area contributed by atoms with E-state index in [0.29, 0.717) is 0 Å². The molecule has 8 heteroatoms. The fourth-order valence-corrected chi connectivity index (χ4v) is 2.07. The van der Waals surface area contributed by atoms with Gasteiger partial charge in [-0.3, -0.25) is 14.4 Å². The van der Waals surface area contributed by atoms with Gasteiger partial charge in [0.25, 0.3) is 5.91 Å². The van der Waals surface area contributed by atoms with Crippen LogP contribution < -0.4 is 5.32 Å². The van der Waals surface area contributed by atoms with Crippen molar-refractivity contribution >= 4 is 23.8 Å². The Labute approximate surface area is 153 Å². The average molecular weight is 371 g/mol. The Kier molecular flexibility index (Phi) is 12.6.